The number of ketones is 1. The van der Waals surface area contributed by atoms with Crippen LogP contribution in [0.5, 0.6) is 11.5 Å². The largest absolute Gasteiger partial charge is 0.494 e. The highest BCUT2D eigenvalue weighted by atomic mass is 16.5. The molecule has 1 aromatic rings. The van der Waals surface area contributed by atoms with Crippen LogP contribution < -0.4 is 9.47 Å². The lowest BCUT2D eigenvalue weighted by atomic mass is 9.83. The molecule has 0 aromatic heterocycles. The summed E-state index contributed by atoms with van der Waals surface area (Å²) >= 11 is 0. The first-order valence-corrected chi connectivity index (χ1v) is 7.70. The molecular weight excluding hydrogens is 252 g/mol. The van der Waals surface area contributed by atoms with Gasteiger partial charge in [0.25, 0.3) is 0 Å². The molecule has 0 radical (unpaired) electrons. The molecule has 0 bridgehead atoms. The van der Waals surface area contributed by atoms with E-state index in [4.69, 9.17) is 9.47 Å². The highest BCUT2D eigenvalue weighted by Crippen LogP contribution is 2.32. The van der Waals surface area contributed by atoms with Crippen LogP contribution >= 0.6 is 0 Å². The summed E-state index contributed by atoms with van der Waals surface area (Å²) < 4.78 is 11.1. The SMILES string of the molecule is CCOc1ccc(C(=O)C2CCCCC2)c(OCC)c1. The van der Waals surface area contributed by atoms with E-state index in [2.05, 4.69) is 0 Å². The number of hydrogen-bond donors (Lipinski definition) is 0. The summed E-state index contributed by atoms with van der Waals surface area (Å²) in [5.41, 5.74) is 0.710. The molecule has 3 heteroatoms. The first kappa shape index (κ1) is 14.9. The van der Waals surface area contributed by atoms with Crippen LogP contribution in [0.2, 0.25) is 0 Å². The van der Waals surface area contributed by atoms with Crippen molar-refractivity contribution >= 4 is 5.78 Å². The molecule has 0 saturated heterocycles. The molecule has 0 unspecified atom stereocenters. The molecule has 0 spiro atoms. The lowest BCUT2D eigenvalue weighted by Gasteiger charge is -2.21. The predicted molar refractivity (Wildman–Crippen MR) is 79.7 cm³/mol. The van der Waals surface area contributed by atoms with E-state index in [1.54, 1.807) is 0 Å². The average Bonchev–Trinajstić information content (AvgIpc) is 2.48. The Morgan fingerprint density at radius 2 is 1.80 bits per heavy atom. The lowest BCUT2D eigenvalue weighted by Crippen LogP contribution is -2.18. The summed E-state index contributed by atoms with van der Waals surface area (Å²) in [6.07, 6.45) is 5.61. The van der Waals surface area contributed by atoms with Crippen molar-refractivity contribution in [2.45, 2.75) is 46.0 Å². The van der Waals surface area contributed by atoms with E-state index >= 15 is 0 Å². The van der Waals surface area contributed by atoms with Gasteiger partial charge >= 0.3 is 0 Å². The van der Waals surface area contributed by atoms with E-state index in [0.717, 1.165) is 31.4 Å². The minimum absolute atomic E-state index is 0.167. The summed E-state index contributed by atoms with van der Waals surface area (Å²) in [6.45, 7) is 5.05. The van der Waals surface area contributed by atoms with Crippen LogP contribution in [0.25, 0.3) is 0 Å². The lowest BCUT2D eigenvalue weighted by molar-refractivity contribution is 0.0885. The topological polar surface area (TPSA) is 35.5 Å². The van der Waals surface area contributed by atoms with Crippen molar-refractivity contribution in [3.05, 3.63) is 23.8 Å². The Bertz CT molecular complexity index is 448. The van der Waals surface area contributed by atoms with E-state index in [-0.39, 0.29) is 11.7 Å². The minimum atomic E-state index is 0.167. The van der Waals surface area contributed by atoms with Crippen LogP contribution in [0, 0.1) is 5.92 Å². The van der Waals surface area contributed by atoms with E-state index in [1.165, 1.54) is 6.42 Å². The summed E-state index contributed by atoms with van der Waals surface area (Å²) in [6, 6.07) is 5.55. The molecule has 1 aliphatic carbocycles. The molecule has 0 heterocycles. The highest BCUT2D eigenvalue weighted by molar-refractivity contribution is 6.00. The smallest absolute Gasteiger partial charge is 0.169 e. The van der Waals surface area contributed by atoms with Crippen molar-refractivity contribution in [2.75, 3.05) is 13.2 Å². The number of carbonyl (C=O) groups is 1. The molecule has 1 aliphatic rings. The molecule has 1 fully saturated rings. The molecule has 1 saturated carbocycles. The van der Waals surface area contributed by atoms with Gasteiger partial charge in [0.05, 0.1) is 18.8 Å². The molecule has 0 aliphatic heterocycles. The van der Waals surface area contributed by atoms with Crippen LogP contribution in [-0.4, -0.2) is 19.0 Å². The molecule has 110 valence electrons. The first-order chi connectivity index (χ1) is 9.76. The van der Waals surface area contributed by atoms with Gasteiger partial charge in [0, 0.05) is 12.0 Å². The highest BCUT2D eigenvalue weighted by Gasteiger charge is 2.25. The van der Waals surface area contributed by atoms with Gasteiger partial charge in [-0.05, 0) is 38.8 Å². The Morgan fingerprint density at radius 3 is 2.45 bits per heavy atom. The van der Waals surface area contributed by atoms with Crippen molar-refractivity contribution in [2.24, 2.45) is 5.92 Å². The second kappa shape index (κ2) is 7.32. The maximum atomic E-state index is 12.6. The van der Waals surface area contributed by atoms with Gasteiger partial charge in [0.15, 0.2) is 5.78 Å². The summed E-state index contributed by atoms with van der Waals surface area (Å²) in [5, 5.41) is 0. The van der Waals surface area contributed by atoms with Crippen LogP contribution in [-0.2, 0) is 0 Å². The van der Waals surface area contributed by atoms with Gasteiger partial charge in [-0.15, -0.1) is 0 Å². The molecular formula is C17H24O3. The molecule has 2 rings (SSSR count). The van der Waals surface area contributed by atoms with E-state index < -0.39 is 0 Å². The van der Waals surface area contributed by atoms with Gasteiger partial charge in [-0.2, -0.15) is 0 Å². The average molecular weight is 276 g/mol. The van der Waals surface area contributed by atoms with Crippen LogP contribution in [0.15, 0.2) is 18.2 Å². The third kappa shape index (κ3) is 3.53. The van der Waals surface area contributed by atoms with E-state index in [9.17, 15) is 4.79 Å². The fraction of sp³-hybridized carbons (Fsp3) is 0.588. The second-order valence-corrected chi connectivity index (χ2v) is 5.22. The number of Topliss-reactive ketones (excluding diaryl/α,β-unsaturated/α-hetero) is 1. The van der Waals surface area contributed by atoms with Crippen LogP contribution in [0.4, 0.5) is 0 Å². The Hall–Kier alpha value is -1.51. The molecule has 20 heavy (non-hydrogen) atoms. The normalized spacial score (nSPS) is 15.9. The summed E-state index contributed by atoms with van der Waals surface area (Å²) in [5.74, 6) is 1.82. The maximum Gasteiger partial charge on any atom is 0.169 e. The fourth-order valence-corrected chi connectivity index (χ4v) is 2.82. The minimum Gasteiger partial charge on any atom is -0.494 e. The van der Waals surface area contributed by atoms with Crippen LogP contribution in [0.3, 0.4) is 0 Å². The van der Waals surface area contributed by atoms with Crippen molar-refractivity contribution < 1.29 is 14.3 Å². The van der Waals surface area contributed by atoms with Crippen molar-refractivity contribution in [3.8, 4) is 11.5 Å². The van der Waals surface area contributed by atoms with Crippen molar-refractivity contribution in [1.82, 2.24) is 0 Å². The Kier molecular flexibility index (Phi) is 5.45. The van der Waals surface area contributed by atoms with Crippen molar-refractivity contribution in [1.29, 1.82) is 0 Å². The van der Waals surface area contributed by atoms with Gasteiger partial charge in [-0.3, -0.25) is 4.79 Å². The molecule has 0 N–H and O–H groups in total. The quantitative estimate of drug-likeness (QED) is 0.729. The van der Waals surface area contributed by atoms with Gasteiger partial charge in [-0.1, -0.05) is 19.3 Å². The van der Waals surface area contributed by atoms with Crippen molar-refractivity contribution in [3.63, 3.8) is 0 Å². The van der Waals surface area contributed by atoms with Gasteiger partial charge in [-0.25, -0.2) is 0 Å². The van der Waals surface area contributed by atoms with E-state index in [0.29, 0.717) is 24.5 Å². The molecule has 0 amide bonds. The summed E-state index contributed by atoms with van der Waals surface area (Å²) in [4.78, 5) is 12.6. The molecule has 0 atom stereocenters. The monoisotopic (exact) mass is 276 g/mol. The van der Waals surface area contributed by atoms with Crippen LogP contribution in [0.1, 0.15) is 56.3 Å². The van der Waals surface area contributed by atoms with Gasteiger partial charge < -0.3 is 9.47 Å². The standard InChI is InChI=1S/C17H24O3/c1-3-19-14-10-11-15(16(12-14)20-4-2)17(18)13-8-6-5-7-9-13/h10-13H,3-9H2,1-2H3. The van der Waals surface area contributed by atoms with Gasteiger partial charge in [0.1, 0.15) is 11.5 Å². The Morgan fingerprint density at radius 1 is 1.10 bits per heavy atom. The number of hydrogen-bond acceptors (Lipinski definition) is 3. The fourth-order valence-electron chi connectivity index (χ4n) is 2.82. The summed E-state index contributed by atoms with van der Waals surface area (Å²) in [7, 11) is 0. The zero-order chi connectivity index (χ0) is 14.4. The zero-order valence-corrected chi connectivity index (χ0v) is 12.5. The third-order valence-corrected chi connectivity index (χ3v) is 3.81. The predicted octanol–water partition coefficient (Wildman–Crippen LogP) is 4.25. The van der Waals surface area contributed by atoms with E-state index in [1.807, 2.05) is 32.0 Å². The maximum absolute atomic E-state index is 12.6. The Balaban J connectivity index is 2.22. The number of carbonyl (C=O) groups excluding carboxylic acids is 1. The number of benzene rings is 1. The second-order valence-electron chi connectivity index (χ2n) is 5.22. The number of ether oxygens (including phenoxy) is 2. The third-order valence-electron chi connectivity index (χ3n) is 3.81. The Labute approximate surface area is 121 Å². The van der Waals surface area contributed by atoms with Gasteiger partial charge in [0.2, 0.25) is 0 Å². The number of rotatable bonds is 6. The first-order valence-electron chi connectivity index (χ1n) is 7.70. The molecule has 1 aromatic carbocycles. The molecule has 3 nitrogen and oxygen atoms in total. The zero-order valence-electron chi connectivity index (χ0n) is 12.5.